The predicted molar refractivity (Wildman–Crippen MR) is 91.2 cm³/mol. The highest BCUT2D eigenvalue weighted by Crippen LogP contribution is 2.29. The highest BCUT2D eigenvalue weighted by molar-refractivity contribution is 9.10. The number of nitrogens with one attached hydrogen (secondary N) is 1. The number of nitrogens with zero attached hydrogens (tertiary/aromatic N) is 2. The summed E-state index contributed by atoms with van der Waals surface area (Å²) in [5.41, 5.74) is 0.403. The van der Waals surface area contributed by atoms with Gasteiger partial charge in [0.05, 0.1) is 22.3 Å². The van der Waals surface area contributed by atoms with Crippen molar-refractivity contribution >= 4 is 27.8 Å². The number of rotatable bonds is 6. The van der Waals surface area contributed by atoms with Crippen LogP contribution in [0.25, 0.3) is 0 Å². The van der Waals surface area contributed by atoms with Crippen molar-refractivity contribution in [3.05, 3.63) is 45.4 Å². The number of halogens is 2. The van der Waals surface area contributed by atoms with Crippen LogP contribution in [0.5, 0.6) is 5.75 Å². The summed E-state index contributed by atoms with van der Waals surface area (Å²) in [6.45, 7) is 3.48. The molecule has 0 aliphatic carbocycles. The van der Waals surface area contributed by atoms with Gasteiger partial charge in [-0.1, -0.05) is 0 Å². The van der Waals surface area contributed by atoms with Crippen LogP contribution < -0.4 is 10.1 Å². The molecule has 0 fully saturated rings. The molecule has 25 heavy (non-hydrogen) atoms. The van der Waals surface area contributed by atoms with Crippen LogP contribution >= 0.6 is 15.9 Å². The van der Waals surface area contributed by atoms with Gasteiger partial charge in [0.25, 0.3) is 5.91 Å². The number of aromatic carboxylic acids is 1. The molecule has 1 aromatic heterocycles. The first-order valence-corrected chi connectivity index (χ1v) is 8.18. The fraction of sp³-hybridized carbons (Fsp3) is 0.312. The summed E-state index contributed by atoms with van der Waals surface area (Å²) in [6, 6.07) is 2.81. The minimum atomic E-state index is -1.15. The van der Waals surface area contributed by atoms with Gasteiger partial charge in [0.1, 0.15) is 0 Å². The number of carbonyl (C=O) groups is 2. The molecule has 1 aromatic carbocycles. The molecule has 0 bridgehead atoms. The normalized spacial score (nSPS) is 10.8. The van der Waals surface area contributed by atoms with Gasteiger partial charge in [-0.3, -0.25) is 9.48 Å². The monoisotopic (exact) mass is 413 g/mol. The van der Waals surface area contributed by atoms with E-state index in [-0.39, 0.29) is 34.1 Å². The highest BCUT2D eigenvalue weighted by atomic mass is 79.9. The Balaban J connectivity index is 2.17. The molecule has 0 atom stereocenters. The van der Waals surface area contributed by atoms with Gasteiger partial charge in [0.2, 0.25) is 0 Å². The van der Waals surface area contributed by atoms with E-state index < -0.39 is 17.7 Å². The molecular weight excluding hydrogens is 397 g/mol. The van der Waals surface area contributed by atoms with Crippen LogP contribution in [0, 0.1) is 5.82 Å². The largest absolute Gasteiger partial charge is 0.488 e. The van der Waals surface area contributed by atoms with E-state index in [9.17, 15) is 14.0 Å². The lowest BCUT2D eigenvalue weighted by atomic mass is 10.2. The Kier molecular flexibility index (Phi) is 5.78. The molecule has 0 aliphatic rings. The molecule has 0 radical (unpaired) electrons. The molecule has 0 unspecified atom stereocenters. The van der Waals surface area contributed by atoms with E-state index in [2.05, 4.69) is 26.3 Å². The number of benzene rings is 1. The summed E-state index contributed by atoms with van der Waals surface area (Å²) in [4.78, 5) is 23.5. The number of aromatic nitrogens is 2. The summed E-state index contributed by atoms with van der Waals surface area (Å²) >= 11 is 3.06. The Hall–Kier alpha value is -2.42. The van der Waals surface area contributed by atoms with E-state index >= 15 is 0 Å². The van der Waals surface area contributed by atoms with Crippen LogP contribution in [-0.2, 0) is 13.6 Å². The van der Waals surface area contributed by atoms with Gasteiger partial charge in [-0.05, 0) is 41.9 Å². The third-order valence-electron chi connectivity index (χ3n) is 3.31. The van der Waals surface area contributed by atoms with Crippen LogP contribution in [-0.4, -0.2) is 32.9 Å². The van der Waals surface area contributed by atoms with Gasteiger partial charge in [-0.2, -0.15) is 5.10 Å². The zero-order valence-corrected chi connectivity index (χ0v) is 15.4. The quantitative estimate of drug-likeness (QED) is 0.759. The van der Waals surface area contributed by atoms with Gasteiger partial charge in [-0.25, -0.2) is 9.18 Å². The number of hydrogen-bond acceptors (Lipinski definition) is 4. The van der Waals surface area contributed by atoms with Gasteiger partial charge in [0.15, 0.2) is 17.3 Å². The second-order valence-electron chi connectivity index (χ2n) is 5.54. The molecule has 0 aliphatic heterocycles. The molecule has 0 spiro atoms. The van der Waals surface area contributed by atoms with Crippen molar-refractivity contribution in [1.82, 2.24) is 15.1 Å². The van der Waals surface area contributed by atoms with Crippen LogP contribution in [0.15, 0.2) is 22.8 Å². The number of amides is 1. The standard InChI is InChI=1S/C16H17BrFN3O4/c1-8(2)25-11-5-4-10(12(17)13(11)18)15(22)19-6-9-7-20-21(3)14(9)16(23)24/h4-5,7-8H,6H2,1-3H3,(H,19,22)(H,23,24). The summed E-state index contributed by atoms with van der Waals surface area (Å²) in [5.74, 6) is -2.33. The summed E-state index contributed by atoms with van der Waals surface area (Å²) in [7, 11) is 1.49. The maximum Gasteiger partial charge on any atom is 0.354 e. The molecule has 7 nitrogen and oxygen atoms in total. The number of carbonyl (C=O) groups excluding carboxylic acids is 1. The van der Waals surface area contributed by atoms with Gasteiger partial charge < -0.3 is 15.2 Å². The molecule has 0 saturated carbocycles. The Morgan fingerprint density at radius 3 is 2.72 bits per heavy atom. The maximum absolute atomic E-state index is 14.3. The first-order chi connectivity index (χ1) is 11.7. The molecule has 1 amide bonds. The number of ether oxygens (including phenoxy) is 1. The predicted octanol–water partition coefficient (Wildman–Crippen LogP) is 2.74. The van der Waals surface area contributed by atoms with Gasteiger partial charge in [0, 0.05) is 19.2 Å². The fourth-order valence-corrected chi connectivity index (χ4v) is 2.72. The third-order valence-corrected chi connectivity index (χ3v) is 4.09. The molecule has 9 heteroatoms. The zero-order valence-electron chi connectivity index (χ0n) is 13.8. The third kappa shape index (κ3) is 4.16. The summed E-state index contributed by atoms with van der Waals surface area (Å²) < 4.78 is 20.8. The Labute approximate surface area is 151 Å². The number of carboxylic acid groups (broad SMARTS) is 1. The van der Waals surface area contributed by atoms with E-state index in [0.29, 0.717) is 5.56 Å². The van der Waals surface area contributed by atoms with E-state index in [4.69, 9.17) is 9.84 Å². The van der Waals surface area contributed by atoms with Crippen molar-refractivity contribution in [3.8, 4) is 5.75 Å². The van der Waals surface area contributed by atoms with Crippen molar-refractivity contribution in [2.75, 3.05) is 0 Å². The van der Waals surface area contributed by atoms with E-state index in [1.807, 2.05) is 0 Å². The lowest BCUT2D eigenvalue weighted by molar-refractivity contribution is 0.0682. The molecule has 2 rings (SSSR count). The minimum Gasteiger partial charge on any atom is -0.488 e. The molecule has 1 heterocycles. The summed E-state index contributed by atoms with van der Waals surface area (Å²) in [5, 5.41) is 15.6. The van der Waals surface area contributed by atoms with Crippen molar-refractivity contribution < 1.29 is 23.8 Å². The second-order valence-corrected chi connectivity index (χ2v) is 6.33. The molecular formula is C16H17BrFN3O4. The minimum absolute atomic E-state index is 0.0206. The van der Waals surface area contributed by atoms with Crippen LogP contribution in [0.4, 0.5) is 4.39 Å². The Bertz CT molecular complexity index is 820. The molecule has 134 valence electrons. The highest BCUT2D eigenvalue weighted by Gasteiger charge is 2.20. The average Bonchev–Trinajstić information content (AvgIpc) is 2.90. The summed E-state index contributed by atoms with van der Waals surface area (Å²) in [6.07, 6.45) is 1.15. The Morgan fingerprint density at radius 2 is 2.12 bits per heavy atom. The van der Waals surface area contributed by atoms with E-state index in [1.165, 1.54) is 30.1 Å². The number of hydrogen-bond donors (Lipinski definition) is 2. The number of aryl methyl sites for hydroxylation is 1. The van der Waals surface area contributed by atoms with E-state index in [1.54, 1.807) is 13.8 Å². The number of carboxylic acids is 1. The average molecular weight is 414 g/mol. The fourth-order valence-electron chi connectivity index (χ4n) is 2.21. The van der Waals surface area contributed by atoms with Crippen LogP contribution in [0.3, 0.4) is 0 Å². The molecule has 0 saturated heterocycles. The van der Waals surface area contributed by atoms with Crippen molar-refractivity contribution in [3.63, 3.8) is 0 Å². The maximum atomic E-state index is 14.3. The first-order valence-electron chi connectivity index (χ1n) is 7.39. The topological polar surface area (TPSA) is 93.5 Å². The smallest absolute Gasteiger partial charge is 0.354 e. The zero-order chi connectivity index (χ0) is 18.7. The van der Waals surface area contributed by atoms with Crippen molar-refractivity contribution in [1.29, 1.82) is 0 Å². The van der Waals surface area contributed by atoms with Crippen LogP contribution in [0.1, 0.15) is 40.3 Å². The SMILES string of the molecule is CC(C)Oc1ccc(C(=O)NCc2cnn(C)c2C(=O)O)c(Br)c1F. The first kappa shape index (κ1) is 18.9. The Morgan fingerprint density at radius 1 is 1.44 bits per heavy atom. The van der Waals surface area contributed by atoms with Crippen molar-refractivity contribution in [2.45, 2.75) is 26.5 Å². The van der Waals surface area contributed by atoms with Gasteiger partial charge in [-0.15, -0.1) is 0 Å². The second kappa shape index (κ2) is 7.64. The van der Waals surface area contributed by atoms with Gasteiger partial charge >= 0.3 is 5.97 Å². The van der Waals surface area contributed by atoms with Crippen LogP contribution in [0.2, 0.25) is 0 Å². The molecule has 2 aromatic rings. The lowest BCUT2D eigenvalue weighted by Crippen LogP contribution is -2.24. The molecule has 2 N–H and O–H groups in total. The lowest BCUT2D eigenvalue weighted by Gasteiger charge is -2.13. The van der Waals surface area contributed by atoms with E-state index in [0.717, 1.165) is 0 Å². The van der Waals surface area contributed by atoms with Crippen molar-refractivity contribution in [2.24, 2.45) is 7.05 Å².